The number of anilines is 2. The summed E-state index contributed by atoms with van der Waals surface area (Å²) in [6.07, 6.45) is 4.85. The first kappa shape index (κ1) is 23.0. The molecule has 0 saturated carbocycles. The molecule has 2 saturated heterocycles. The number of hydrogen-bond donors (Lipinski definition) is 0. The minimum Gasteiger partial charge on any atom is -0.358 e. The van der Waals surface area contributed by atoms with Crippen LogP contribution in [-0.4, -0.2) is 74.7 Å². The van der Waals surface area contributed by atoms with Crippen LogP contribution in [0.1, 0.15) is 52.4 Å². The molecule has 3 heterocycles. The van der Waals surface area contributed by atoms with Gasteiger partial charge in [-0.05, 0) is 50.3 Å². The van der Waals surface area contributed by atoms with Crippen LogP contribution < -0.4 is 9.80 Å². The first-order valence-electron chi connectivity index (χ1n) is 11.9. The van der Waals surface area contributed by atoms with Gasteiger partial charge in [0.1, 0.15) is 6.04 Å². The maximum absolute atomic E-state index is 13.3. The fourth-order valence-electron chi connectivity index (χ4n) is 5.19. The summed E-state index contributed by atoms with van der Waals surface area (Å²) in [5.74, 6) is 0.161. The standard InChI is InChI=1S/C23H34N4O4S/c1-3-25(4-2)32(30,31)18-11-12-19-21(17-18)27(23(29)20-9-7-15-26(19)20)16-8-10-22(28)24-13-5-6-14-24/h11-12,17,20H,3-10,13-16H2,1-2H3. The quantitative estimate of drug-likeness (QED) is 0.593. The van der Waals surface area contributed by atoms with Crippen molar-refractivity contribution >= 4 is 33.2 Å². The van der Waals surface area contributed by atoms with Crippen LogP contribution in [0.2, 0.25) is 0 Å². The summed E-state index contributed by atoms with van der Waals surface area (Å²) in [6.45, 7) is 7.30. The molecule has 0 aromatic heterocycles. The average Bonchev–Trinajstić information content (AvgIpc) is 3.49. The van der Waals surface area contributed by atoms with Gasteiger partial charge in [0.2, 0.25) is 21.8 Å². The van der Waals surface area contributed by atoms with Crippen molar-refractivity contribution in [1.82, 2.24) is 9.21 Å². The number of fused-ring (bicyclic) bond motifs is 3. The van der Waals surface area contributed by atoms with E-state index in [1.54, 1.807) is 17.0 Å². The number of hydrogen-bond acceptors (Lipinski definition) is 5. The molecule has 3 aliphatic heterocycles. The molecule has 0 spiro atoms. The van der Waals surface area contributed by atoms with Gasteiger partial charge in [0.05, 0.1) is 16.3 Å². The Bertz CT molecular complexity index is 970. The number of benzene rings is 1. The van der Waals surface area contributed by atoms with Gasteiger partial charge in [-0.25, -0.2) is 8.42 Å². The smallest absolute Gasteiger partial charge is 0.249 e. The lowest BCUT2D eigenvalue weighted by Crippen LogP contribution is -2.51. The number of amides is 2. The molecule has 1 atom stereocenters. The molecule has 2 amide bonds. The normalized spacial score (nSPS) is 20.8. The van der Waals surface area contributed by atoms with Gasteiger partial charge in [0.25, 0.3) is 0 Å². The fraction of sp³-hybridized carbons (Fsp3) is 0.652. The third kappa shape index (κ3) is 4.12. The average molecular weight is 463 g/mol. The predicted molar refractivity (Wildman–Crippen MR) is 124 cm³/mol. The first-order chi connectivity index (χ1) is 15.4. The molecule has 4 rings (SSSR count). The van der Waals surface area contributed by atoms with Crippen LogP contribution in [0.3, 0.4) is 0 Å². The minimum atomic E-state index is -3.63. The van der Waals surface area contributed by atoms with E-state index in [2.05, 4.69) is 4.90 Å². The molecule has 32 heavy (non-hydrogen) atoms. The summed E-state index contributed by atoms with van der Waals surface area (Å²) in [5, 5.41) is 0. The summed E-state index contributed by atoms with van der Waals surface area (Å²) < 4.78 is 27.6. The molecule has 176 valence electrons. The van der Waals surface area contributed by atoms with Crippen molar-refractivity contribution in [1.29, 1.82) is 0 Å². The first-order valence-corrected chi connectivity index (χ1v) is 13.3. The highest BCUT2D eigenvalue weighted by molar-refractivity contribution is 7.89. The van der Waals surface area contributed by atoms with Gasteiger partial charge in [-0.2, -0.15) is 4.31 Å². The lowest BCUT2D eigenvalue weighted by atomic mass is 10.1. The number of rotatable bonds is 8. The number of nitrogens with zero attached hydrogens (tertiary/aromatic N) is 4. The Morgan fingerprint density at radius 1 is 1.06 bits per heavy atom. The maximum atomic E-state index is 13.3. The van der Waals surface area contributed by atoms with Crippen molar-refractivity contribution in [2.45, 2.75) is 63.3 Å². The monoisotopic (exact) mass is 462 g/mol. The third-order valence-corrected chi connectivity index (χ3v) is 8.97. The van der Waals surface area contributed by atoms with Gasteiger partial charge in [0.15, 0.2) is 0 Å². The number of sulfonamides is 1. The lowest BCUT2D eigenvalue weighted by molar-refractivity contribution is -0.130. The van der Waals surface area contributed by atoms with Gasteiger partial charge in [-0.15, -0.1) is 0 Å². The zero-order valence-electron chi connectivity index (χ0n) is 19.1. The highest BCUT2D eigenvalue weighted by Gasteiger charge is 2.41. The topological polar surface area (TPSA) is 81.2 Å². The van der Waals surface area contributed by atoms with Crippen molar-refractivity contribution in [3.63, 3.8) is 0 Å². The third-order valence-electron chi connectivity index (χ3n) is 6.93. The van der Waals surface area contributed by atoms with Gasteiger partial charge in [-0.1, -0.05) is 13.8 Å². The molecule has 1 unspecified atom stereocenters. The summed E-state index contributed by atoms with van der Waals surface area (Å²) >= 11 is 0. The molecule has 0 aliphatic carbocycles. The van der Waals surface area contributed by atoms with E-state index in [4.69, 9.17) is 0 Å². The summed E-state index contributed by atoms with van der Waals surface area (Å²) in [4.78, 5) is 31.7. The van der Waals surface area contributed by atoms with E-state index in [0.717, 1.165) is 51.0 Å². The molecular formula is C23H34N4O4S. The van der Waals surface area contributed by atoms with Crippen molar-refractivity contribution in [2.75, 3.05) is 49.1 Å². The Labute approximate surface area is 191 Å². The van der Waals surface area contributed by atoms with Crippen molar-refractivity contribution < 1.29 is 18.0 Å². The van der Waals surface area contributed by atoms with E-state index in [1.165, 1.54) is 4.31 Å². The largest absolute Gasteiger partial charge is 0.358 e. The molecule has 0 radical (unpaired) electrons. The maximum Gasteiger partial charge on any atom is 0.249 e. The lowest BCUT2D eigenvalue weighted by Gasteiger charge is -2.40. The second-order valence-corrected chi connectivity index (χ2v) is 10.7. The number of carbonyl (C=O) groups excluding carboxylic acids is 2. The molecule has 2 fully saturated rings. The molecule has 0 bridgehead atoms. The molecule has 8 nitrogen and oxygen atoms in total. The Kier molecular flexibility index (Phi) is 6.76. The number of likely N-dealkylation sites (tertiary alicyclic amines) is 1. The van der Waals surface area contributed by atoms with Crippen LogP contribution in [0.5, 0.6) is 0 Å². The fourth-order valence-corrected chi connectivity index (χ4v) is 6.67. The van der Waals surface area contributed by atoms with E-state index >= 15 is 0 Å². The van der Waals surface area contributed by atoms with Crippen LogP contribution in [0, 0.1) is 0 Å². The van der Waals surface area contributed by atoms with Crippen LogP contribution in [0.4, 0.5) is 11.4 Å². The molecule has 9 heteroatoms. The van der Waals surface area contributed by atoms with E-state index < -0.39 is 10.0 Å². The number of carbonyl (C=O) groups is 2. The Balaban J connectivity index is 1.60. The molecular weight excluding hydrogens is 428 g/mol. The van der Waals surface area contributed by atoms with Crippen molar-refractivity contribution in [2.24, 2.45) is 0 Å². The van der Waals surface area contributed by atoms with E-state index in [-0.39, 0.29) is 22.8 Å². The summed E-state index contributed by atoms with van der Waals surface area (Å²) in [6, 6.07) is 4.96. The summed E-state index contributed by atoms with van der Waals surface area (Å²) in [5.41, 5.74) is 1.56. The second kappa shape index (κ2) is 9.39. The van der Waals surface area contributed by atoms with E-state index in [1.807, 2.05) is 24.8 Å². The molecule has 3 aliphatic rings. The van der Waals surface area contributed by atoms with E-state index in [9.17, 15) is 18.0 Å². The highest BCUT2D eigenvalue weighted by atomic mass is 32.2. The second-order valence-electron chi connectivity index (χ2n) is 8.77. The van der Waals surface area contributed by atoms with Gasteiger partial charge >= 0.3 is 0 Å². The van der Waals surface area contributed by atoms with Crippen LogP contribution >= 0.6 is 0 Å². The van der Waals surface area contributed by atoms with Crippen molar-refractivity contribution in [3.8, 4) is 0 Å². The highest BCUT2D eigenvalue weighted by Crippen LogP contribution is 2.41. The van der Waals surface area contributed by atoms with Crippen molar-refractivity contribution in [3.05, 3.63) is 18.2 Å². The van der Waals surface area contributed by atoms with Gasteiger partial charge < -0.3 is 14.7 Å². The van der Waals surface area contributed by atoms with Gasteiger partial charge in [-0.3, -0.25) is 9.59 Å². The van der Waals surface area contributed by atoms with Gasteiger partial charge in [0, 0.05) is 45.7 Å². The predicted octanol–water partition coefficient (Wildman–Crippen LogP) is 2.44. The molecule has 1 aromatic carbocycles. The minimum absolute atomic E-state index is 0.0148. The summed E-state index contributed by atoms with van der Waals surface area (Å²) in [7, 11) is -3.63. The molecule has 0 N–H and O–H groups in total. The van der Waals surface area contributed by atoms with Crippen LogP contribution in [0.15, 0.2) is 23.1 Å². The zero-order valence-corrected chi connectivity index (χ0v) is 19.9. The van der Waals surface area contributed by atoms with Crippen LogP contribution in [0.25, 0.3) is 0 Å². The van der Waals surface area contributed by atoms with Crippen LogP contribution in [-0.2, 0) is 19.6 Å². The molecule has 1 aromatic rings. The Hall–Kier alpha value is -2.13. The zero-order chi connectivity index (χ0) is 22.9. The van der Waals surface area contributed by atoms with E-state index in [0.29, 0.717) is 38.2 Å². The Morgan fingerprint density at radius 2 is 1.78 bits per heavy atom. The SMILES string of the molecule is CCN(CC)S(=O)(=O)c1ccc2c(c1)N(CCCC(=O)N1CCCC1)C(=O)C1CCCN21. The Morgan fingerprint density at radius 3 is 2.47 bits per heavy atom.